The number of hydrogen-bond acceptors (Lipinski definition) is 16. The number of nitrogens with zero attached hydrogens (tertiary/aromatic N) is 14. The van der Waals surface area contributed by atoms with Gasteiger partial charge < -0.3 is 25.3 Å². The van der Waals surface area contributed by atoms with Crippen LogP contribution in [0.3, 0.4) is 0 Å². The molecule has 0 aliphatic heterocycles. The SMILES string of the molecule is CC(C)Sc1nc(-c2c[nH]c3ncc(F)cc23)nc(C[C@H]2C3CCC(CC3)[C@@H]2C(=O)O)c1F.Cn1cc(-c2nc(-c3[nH]nc4ncc(F)cc34)nc(C[C@H]3C4CCC(CC4)[C@@H]3C(=O)O)c2F)cn1.O=C(O)[C@H]1C2CCC(CC2)[C@@H]1Cc1cc(-c2ccn(C(F)F)n2)nc(-c2c[nH]c3ncc(F)cc23)n1. The molecule has 540 valence electrons. The van der Waals surface area contributed by atoms with Gasteiger partial charge in [0.25, 0.3) is 0 Å². The lowest BCUT2D eigenvalue weighted by Gasteiger charge is -2.46. The minimum absolute atomic E-state index is 0.0538. The Hall–Kier alpha value is -10.1. The number of aromatic amines is 3. The van der Waals surface area contributed by atoms with Crippen molar-refractivity contribution in [2.45, 2.75) is 127 Å². The predicted octanol–water partition coefficient (Wildman–Crippen LogP) is 14.3. The van der Waals surface area contributed by atoms with E-state index in [0.717, 1.165) is 95.6 Å². The van der Waals surface area contributed by atoms with Crippen LogP contribution in [0, 0.1) is 100 Å². The predicted molar refractivity (Wildman–Crippen MR) is 366 cm³/mol. The second-order valence-corrected chi connectivity index (χ2v) is 30.3. The van der Waals surface area contributed by atoms with E-state index in [1.165, 1.54) is 48.4 Å². The lowest BCUT2D eigenvalue weighted by molar-refractivity contribution is -0.153. The molecule has 11 heterocycles. The standard InChI is InChI=1S/C25H23F3N6O2.C24H23F2N7O2.C24H26F2N4O2S/c26-14-7-17-18(11-30-22(17)29-10-14)23-31-15(9-20(32-23)19-5-6-34(33-19)25(27)28)8-16-12-1-3-13(4-2-12)21(16)24(35)36;1-33-10-13(8-28-33)20-19(26)17(7-15-11-2-4-12(5-3-11)18(15)24(34)35)29-23(30-20)21-16-6-14(25)9-27-22(16)32-31-21;1-11(2)33-23-20(26)18(8-15-12-3-5-13(6-4-12)19(15)24(31)32)29-22(30-23)17-10-28-21-16(17)7-14(25)9-27-21/h5-7,9-13,16,21,25H,1-4,8H2,(H,29,30)(H,35,36);6,8-12,15,18H,2-5,7H2,1H3,(H,34,35)(H,27,31,32);7,9-13,15,19H,3-6,8H2,1-2H3,(H,27,28)(H,31,32)/t12?,13?,16-,21-;11?,12?,15-,18-;12?,13?,15-,19-/m000/s1. The number of aryl methyl sites for hydroxylation is 1. The van der Waals surface area contributed by atoms with Crippen LogP contribution in [0.5, 0.6) is 0 Å². The Morgan fingerprint density at radius 2 is 1.06 bits per heavy atom. The average Bonchev–Trinajstić information content (AvgIpc) is 1.33. The molecule has 9 fully saturated rings. The van der Waals surface area contributed by atoms with Crippen LogP contribution >= 0.6 is 11.8 Å². The van der Waals surface area contributed by atoms with Crippen molar-refractivity contribution in [3.8, 4) is 56.9 Å². The molecule has 23 nitrogen and oxygen atoms in total. The van der Waals surface area contributed by atoms with Crippen LogP contribution in [0.2, 0.25) is 0 Å². The number of carbonyl (C=O) groups is 3. The summed E-state index contributed by atoms with van der Waals surface area (Å²) in [5.41, 5.74) is 4.68. The number of H-pyrrole nitrogens is 3. The minimum Gasteiger partial charge on any atom is -0.481 e. The average molecular weight is 1450 g/mol. The Morgan fingerprint density at radius 3 is 1.56 bits per heavy atom. The highest BCUT2D eigenvalue weighted by Crippen LogP contribution is 2.53. The first-order chi connectivity index (χ1) is 50.1. The Labute approximate surface area is 593 Å². The third-order valence-corrected chi connectivity index (χ3v) is 23.4. The Kier molecular flexibility index (Phi) is 19.1. The molecular formula is C73H72F7N17O6S. The second kappa shape index (κ2) is 28.5. The third-order valence-electron chi connectivity index (χ3n) is 22.4. The van der Waals surface area contributed by atoms with Crippen molar-refractivity contribution >= 4 is 62.8 Å². The molecule has 9 aliphatic rings. The molecule has 9 saturated carbocycles. The summed E-state index contributed by atoms with van der Waals surface area (Å²) < 4.78 is 102. The van der Waals surface area contributed by atoms with Gasteiger partial charge in [-0.25, -0.2) is 71.5 Å². The molecule has 0 saturated heterocycles. The van der Waals surface area contributed by atoms with Crippen LogP contribution in [0.15, 0.2) is 84.9 Å². The lowest BCUT2D eigenvalue weighted by Crippen LogP contribution is -2.45. The summed E-state index contributed by atoms with van der Waals surface area (Å²) in [7, 11) is 1.72. The van der Waals surface area contributed by atoms with Gasteiger partial charge in [-0.1, -0.05) is 13.8 Å². The highest BCUT2D eigenvalue weighted by molar-refractivity contribution is 7.99. The first kappa shape index (κ1) is 69.6. The van der Waals surface area contributed by atoms with Crippen LogP contribution in [0.1, 0.15) is 115 Å². The van der Waals surface area contributed by atoms with Gasteiger partial charge in [0.05, 0.1) is 65.0 Å². The number of thioether (sulfide) groups is 1. The summed E-state index contributed by atoms with van der Waals surface area (Å²) in [6.45, 7) is 1.12. The molecule has 6 bridgehead atoms. The third kappa shape index (κ3) is 13.7. The molecule has 6 N–H and O–H groups in total. The number of rotatable bonds is 17. The van der Waals surface area contributed by atoms with Crippen LogP contribution in [0.4, 0.5) is 30.7 Å². The monoisotopic (exact) mass is 1450 g/mol. The first-order valence-electron chi connectivity index (χ1n) is 35.0. The minimum atomic E-state index is -2.80. The number of carboxylic acids is 3. The molecule has 104 heavy (non-hydrogen) atoms. The van der Waals surface area contributed by atoms with E-state index >= 15 is 8.78 Å². The van der Waals surface area contributed by atoms with Gasteiger partial charge in [-0.05, 0) is 180 Å². The fraction of sp³-hybridized carbons (Fsp3) is 0.438. The molecule has 0 unspecified atom stereocenters. The second-order valence-electron chi connectivity index (χ2n) is 28.7. The molecule has 9 aliphatic carbocycles. The number of fused-ring (bicyclic) bond motifs is 12. The zero-order valence-electron chi connectivity index (χ0n) is 56.6. The maximum Gasteiger partial charge on any atom is 0.333 e. The molecule has 0 radical (unpaired) electrons. The van der Waals surface area contributed by atoms with Crippen molar-refractivity contribution in [1.29, 1.82) is 0 Å². The van der Waals surface area contributed by atoms with E-state index in [0.29, 0.717) is 84.1 Å². The molecule has 0 amide bonds. The van der Waals surface area contributed by atoms with E-state index in [9.17, 15) is 51.7 Å². The highest BCUT2D eigenvalue weighted by Gasteiger charge is 2.50. The van der Waals surface area contributed by atoms with Gasteiger partial charge in [0.1, 0.15) is 50.9 Å². The lowest BCUT2D eigenvalue weighted by atomic mass is 9.57. The number of hydrogen-bond donors (Lipinski definition) is 6. The zero-order chi connectivity index (χ0) is 72.5. The van der Waals surface area contributed by atoms with E-state index in [-0.39, 0.29) is 111 Å². The van der Waals surface area contributed by atoms with E-state index in [2.05, 4.69) is 70.2 Å². The Morgan fingerprint density at radius 1 is 0.567 bits per heavy atom. The summed E-state index contributed by atoms with van der Waals surface area (Å²) >= 11 is 1.30. The maximum absolute atomic E-state index is 15.9. The first-order valence-corrected chi connectivity index (χ1v) is 35.9. The van der Waals surface area contributed by atoms with Crippen LogP contribution in [0.25, 0.3) is 90.0 Å². The Balaban J connectivity index is 0.000000126. The number of carboxylic acid groups (broad SMARTS) is 3. The van der Waals surface area contributed by atoms with Crippen molar-refractivity contribution in [1.82, 2.24) is 84.6 Å². The molecule has 20 rings (SSSR count). The number of halogens is 7. The van der Waals surface area contributed by atoms with Crippen LogP contribution in [-0.2, 0) is 40.7 Å². The van der Waals surface area contributed by atoms with Gasteiger partial charge in [-0.2, -0.15) is 24.1 Å². The molecule has 0 aromatic carbocycles. The molecule has 31 heteroatoms. The molecule has 11 aromatic heterocycles. The van der Waals surface area contributed by atoms with Gasteiger partial charge in [-0.15, -0.1) is 11.8 Å². The van der Waals surface area contributed by atoms with Crippen LogP contribution in [-0.4, -0.2) is 123 Å². The number of alkyl halides is 2. The topological polar surface area (TPSA) is 324 Å². The number of pyridine rings is 3. The van der Waals surface area contributed by atoms with E-state index in [1.807, 2.05) is 13.8 Å². The summed E-state index contributed by atoms with van der Waals surface area (Å²) in [6, 6.07) is 7.10. The van der Waals surface area contributed by atoms with Crippen molar-refractivity contribution in [2.24, 2.45) is 78.1 Å². The molecular weight excluding hydrogens is 1380 g/mol. The fourth-order valence-electron chi connectivity index (χ4n) is 17.8. The molecule has 11 aromatic rings. The fourth-order valence-corrected chi connectivity index (χ4v) is 18.6. The highest BCUT2D eigenvalue weighted by atomic mass is 32.2. The van der Waals surface area contributed by atoms with Crippen molar-refractivity contribution in [3.05, 3.63) is 126 Å². The number of aromatic nitrogens is 17. The van der Waals surface area contributed by atoms with Crippen molar-refractivity contribution in [2.75, 3.05) is 0 Å². The summed E-state index contributed by atoms with van der Waals surface area (Å²) in [5.74, 6) is -5.00. The van der Waals surface area contributed by atoms with Crippen LogP contribution < -0.4 is 0 Å². The molecule has 0 spiro atoms. The normalized spacial score (nSPS) is 24.0. The van der Waals surface area contributed by atoms with Gasteiger partial charge >= 0.3 is 24.5 Å². The largest absolute Gasteiger partial charge is 0.481 e. The smallest absolute Gasteiger partial charge is 0.333 e. The zero-order valence-corrected chi connectivity index (χ0v) is 57.4. The summed E-state index contributed by atoms with van der Waals surface area (Å²) in [5, 5.41) is 46.6. The van der Waals surface area contributed by atoms with Gasteiger partial charge in [0.15, 0.2) is 34.8 Å². The summed E-state index contributed by atoms with van der Waals surface area (Å²) in [6.07, 6.45) is 23.1. The quantitative estimate of drug-likeness (QED) is 0.0280. The van der Waals surface area contributed by atoms with E-state index in [4.69, 9.17) is 4.98 Å². The van der Waals surface area contributed by atoms with E-state index in [1.54, 1.807) is 36.4 Å². The van der Waals surface area contributed by atoms with Gasteiger partial charge in [0.2, 0.25) is 0 Å². The number of nitrogens with one attached hydrogen (secondary N) is 3. The van der Waals surface area contributed by atoms with Gasteiger partial charge in [0, 0.05) is 70.2 Å². The van der Waals surface area contributed by atoms with Crippen molar-refractivity contribution in [3.63, 3.8) is 0 Å². The number of aliphatic carboxylic acids is 3. The summed E-state index contributed by atoms with van der Waals surface area (Å²) in [4.78, 5) is 81.8. The maximum atomic E-state index is 15.9. The Bertz CT molecular complexity index is 5080. The van der Waals surface area contributed by atoms with E-state index < -0.39 is 71.3 Å². The van der Waals surface area contributed by atoms with Crippen molar-refractivity contribution < 1.29 is 60.4 Å². The van der Waals surface area contributed by atoms with Gasteiger partial charge in [-0.3, -0.25) is 24.2 Å². The molecule has 6 atom stereocenters.